The minimum atomic E-state index is 1.04. The Bertz CT molecular complexity index is 149. The van der Waals surface area contributed by atoms with E-state index in [-0.39, 0.29) is 0 Å². The summed E-state index contributed by atoms with van der Waals surface area (Å²) < 4.78 is 4.82. The van der Waals surface area contributed by atoms with E-state index in [4.69, 9.17) is 4.74 Å². The summed E-state index contributed by atoms with van der Waals surface area (Å²) in [5.74, 6) is 0. The second-order valence-electron chi connectivity index (χ2n) is 1.89. The SMILES string of the molecule is COC=C1C=CCC=C1. The molecule has 0 saturated carbocycles. The van der Waals surface area contributed by atoms with Gasteiger partial charge in [0.25, 0.3) is 0 Å². The summed E-state index contributed by atoms with van der Waals surface area (Å²) in [5.41, 5.74) is 1.13. The van der Waals surface area contributed by atoms with E-state index in [1.807, 2.05) is 12.2 Å². The average Bonchev–Trinajstić information content (AvgIpc) is 1.91. The molecule has 0 aromatic carbocycles. The van der Waals surface area contributed by atoms with Crippen LogP contribution in [0.25, 0.3) is 0 Å². The fourth-order valence-corrected chi connectivity index (χ4v) is 0.757. The van der Waals surface area contributed by atoms with Crippen molar-refractivity contribution in [2.75, 3.05) is 7.11 Å². The van der Waals surface area contributed by atoms with Crippen molar-refractivity contribution in [1.29, 1.82) is 0 Å². The molecule has 0 unspecified atom stereocenters. The van der Waals surface area contributed by atoms with Crippen LogP contribution in [0, 0.1) is 0 Å². The minimum Gasteiger partial charge on any atom is -0.504 e. The Morgan fingerprint density at radius 3 is 2.67 bits per heavy atom. The van der Waals surface area contributed by atoms with Gasteiger partial charge in [0.1, 0.15) is 0 Å². The lowest BCUT2D eigenvalue weighted by atomic mass is 10.1. The molecule has 0 saturated heterocycles. The van der Waals surface area contributed by atoms with E-state index in [0.29, 0.717) is 0 Å². The van der Waals surface area contributed by atoms with Gasteiger partial charge in [-0.1, -0.05) is 24.3 Å². The Hall–Kier alpha value is -0.980. The van der Waals surface area contributed by atoms with Crippen molar-refractivity contribution in [2.24, 2.45) is 0 Å². The van der Waals surface area contributed by atoms with Crippen LogP contribution in [0.5, 0.6) is 0 Å². The Kier molecular flexibility index (Phi) is 2.13. The molecule has 1 heteroatoms. The first-order valence-electron chi connectivity index (χ1n) is 2.99. The lowest BCUT2D eigenvalue weighted by Gasteiger charge is -1.97. The number of hydrogen-bond donors (Lipinski definition) is 0. The maximum absolute atomic E-state index is 4.82. The molecule has 0 N–H and O–H groups in total. The molecule has 1 aliphatic rings. The fourth-order valence-electron chi connectivity index (χ4n) is 0.757. The lowest BCUT2D eigenvalue weighted by Crippen LogP contribution is -1.78. The fraction of sp³-hybridized carbons (Fsp3) is 0.250. The topological polar surface area (TPSA) is 9.23 Å². The number of rotatable bonds is 1. The molecule has 48 valence electrons. The van der Waals surface area contributed by atoms with Crippen molar-refractivity contribution in [2.45, 2.75) is 6.42 Å². The Morgan fingerprint density at radius 1 is 1.44 bits per heavy atom. The van der Waals surface area contributed by atoms with E-state index in [9.17, 15) is 0 Å². The van der Waals surface area contributed by atoms with Gasteiger partial charge in [0.05, 0.1) is 13.4 Å². The van der Waals surface area contributed by atoms with Crippen molar-refractivity contribution in [3.8, 4) is 0 Å². The van der Waals surface area contributed by atoms with E-state index in [1.54, 1.807) is 13.4 Å². The van der Waals surface area contributed by atoms with Gasteiger partial charge in [-0.25, -0.2) is 0 Å². The zero-order valence-corrected chi connectivity index (χ0v) is 5.50. The Labute approximate surface area is 55.3 Å². The highest BCUT2D eigenvalue weighted by molar-refractivity contribution is 5.32. The first kappa shape index (κ1) is 6.14. The molecule has 1 rings (SSSR count). The van der Waals surface area contributed by atoms with Crippen LogP contribution in [-0.2, 0) is 4.74 Å². The molecule has 0 amide bonds. The molecule has 0 radical (unpaired) electrons. The first-order valence-corrected chi connectivity index (χ1v) is 2.99. The predicted octanol–water partition coefficient (Wildman–Crippen LogP) is 2.03. The molecule has 0 spiro atoms. The maximum Gasteiger partial charge on any atom is 0.0896 e. The van der Waals surface area contributed by atoms with E-state index in [2.05, 4.69) is 12.2 Å². The summed E-state index contributed by atoms with van der Waals surface area (Å²) in [6.45, 7) is 0. The van der Waals surface area contributed by atoms with Crippen molar-refractivity contribution in [3.63, 3.8) is 0 Å². The van der Waals surface area contributed by atoms with Crippen LogP contribution in [0.2, 0.25) is 0 Å². The molecular weight excluding hydrogens is 112 g/mol. The van der Waals surface area contributed by atoms with Gasteiger partial charge in [0.2, 0.25) is 0 Å². The second kappa shape index (κ2) is 3.13. The molecule has 0 atom stereocenters. The van der Waals surface area contributed by atoms with E-state index in [0.717, 1.165) is 12.0 Å². The van der Waals surface area contributed by atoms with Gasteiger partial charge in [0, 0.05) is 5.57 Å². The highest BCUT2D eigenvalue weighted by atomic mass is 16.5. The van der Waals surface area contributed by atoms with Gasteiger partial charge < -0.3 is 4.74 Å². The Balaban J connectivity index is 2.59. The van der Waals surface area contributed by atoms with Gasteiger partial charge in [0.15, 0.2) is 0 Å². The minimum absolute atomic E-state index is 1.04. The normalized spacial score (nSPS) is 15.9. The molecule has 1 aliphatic carbocycles. The largest absolute Gasteiger partial charge is 0.504 e. The standard InChI is InChI=1S/C8H10O/c1-9-7-8-5-3-2-4-6-8/h3-7H,2H2,1H3. The van der Waals surface area contributed by atoms with Crippen molar-refractivity contribution >= 4 is 0 Å². The quantitative estimate of drug-likeness (QED) is 0.483. The van der Waals surface area contributed by atoms with Crippen molar-refractivity contribution in [3.05, 3.63) is 36.1 Å². The summed E-state index contributed by atoms with van der Waals surface area (Å²) >= 11 is 0. The van der Waals surface area contributed by atoms with E-state index < -0.39 is 0 Å². The average molecular weight is 122 g/mol. The molecule has 0 fully saturated rings. The third kappa shape index (κ3) is 1.76. The van der Waals surface area contributed by atoms with Crippen molar-refractivity contribution < 1.29 is 4.74 Å². The van der Waals surface area contributed by atoms with E-state index >= 15 is 0 Å². The smallest absolute Gasteiger partial charge is 0.0896 e. The molecule has 0 aliphatic heterocycles. The number of ether oxygens (including phenoxy) is 1. The molecule has 9 heavy (non-hydrogen) atoms. The van der Waals surface area contributed by atoms with Crippen LogP contribution in [0.4, 0.5) is 0 Å². The lowest BCUT2D eigenvalue weighted by molar-refractivity contribution is 0.336. The summed E-state index contributed by atoms with van der Waals surface area (Å²) in [4.78, 5) is 0. The van der Waals surface area contributed by atoms with Crippen LogP contribution in [0.15, 0.2) is 36.1 Å². The predicted molar refractivity (Wildman–Crippen MR) is 38.0 cm³/mol. The van der Waals surface area contributed by atoms with Crippen LogP contribution in [-0.4, -0.2) is 7.11 Å². The van der Waals surface area contributed by atoms with E-state index in [1.165, 1.54) is 0 Å². The summed E-state index contributed by atoms with van der Waals surface area (Å²) in [7, 11) is 1.66. The molecule has 0 aromatic rings. The monoisotopic (exact) mass is 122 g/mol. The van der Waals surface area contributed by atoms with Gasteiger partial charge in [-0.05, 0) is 6.42 Å². The van der Waals surface area contributed by atoms with Gasteiger partial charge in [-0.15, -0.1) is 0 Å². The highest BCUT2D eigenvalue weighted by Crippen LogP contribution is 2.06. The first-order chi connectivity index (χ1) is 4.43. The summed E-state index contributed by atoms with van der Waals surface area (Å²) in [6, 6.07) is 0. The van der Waals surface area contributed by atoms with Crippen LogP contribution >= 0.6 is 0 Å². The van der Waals surface area contributed by atoms with Gasteiger partial charge >= 0.3 is 0 Å². The number of hydrogen-bond acceptors (Lipinski definition) is 1. The van der Waals surface area contributed by atoms with Crippen LogP contribution in [0.1, 0.15) is 6.42 Å². The highest BCUT2D eigenvalue weighted by Gasteiger charge is 1.88. The summed E-state index contributed by atoms with van der Waals surface area (Å²) in [6.07, 6.45) is 11.1. The van der Waals surface area contributed by atoms with Gasteiger partial charge in [-0.2, -0.15) is 0 Å². The molecular formula is C8H10O. The maximum atomic E-state index is 4.82. The van der Waals surface area contributed by atoms with Gasteiger partial charge in [-0.3, -0.25) is 0 Å². The van der Waals surface area contributed by atoms with Crippen LogP contribution < -0.4 is 0 Å². The summed E-state index contributed by atoms with van der Waals surface area (Å²) in [5, 5.41) is 0. The molecule has 0 aromatic heterocycles. The zero-order chi connectivity index (χ0) is 6.53. The number of methoxy groups -OCH3 is 1. The number of allylic oxidation sites excluding steroid dienone is 5. The third-order valence-corrected chi connectivity index (χ3v) is 1.15. The van der Waals surface area contributed by atoms with Crippen molar-refractivity contribution in [1.82, 2.24) is 0 Å². The second-order valence-corrected chi connectivity index (χ2v) is 1.89. The Morgan fingerprint density at radius 2 is 2.11 bits per heavy atom. The molecule has 0 heterocycles. The molecule has 0 bridgehead atoms. The third-order valence-electron chi connectivity index (χ3n) is 1.15. The zero-order valence-electron chi connectivity index (χ0n) is 5.50. The van der Waals surface area contributed by atoms with Crippen LogP contribution in [0.3, 0.4) is 0 Å². The molecule has 1 nitrogen and oxygen atoms in total.